The molecular weight excluding hydrogens is 335 g/mol. The van der Waals surface area contributed by atoms with Crippen LogP contribution in [0.2, 0.25) is 0 Å². The summed E-state index contributed by atoms with van der Waals surface area (Å²) in [6, 6.07) is 6.02. The Morgan fingerprint density at radius 1 is 1.15 bits per heavy atom. The Morgan fingerprint density at radius 3 is 2.50 bits per heavy atom. The van der Waals surface area contributed by atoms with E-state index in [1.165, 1.54) is 12.1 Å². The van der Waals surface area contributed by atoms with Gasteiger partial charge in [0.1, 0.15) is 11.9 Å². The van der Waals surface area contributed by atoms with Crippen molar-refractivity contribution in [1.29, 1.82) is 0 Å². The fourth-order valence-electron chi connectivity index (χ4n) is 4.39. The third kappa shape index (κ3) is 4.23. The van der Waals surface area contributed by atoms with E-state index in [1.54, 1.807) is 4.90 Å². The lowest BCUT2D eigenvalue weighted by Gasteiger charge is -2.33. The van der Waals surface area contributed by atoms with Crippen LogP contribution in [0.15, 0.2) is 24.3 Å². The van der Waals surface area contributed by atoms with E-state index in [2.05, 4.69) is 5.32 Å². The second-order valence-electron chi connectivity index (χ2n) is 7.59. The van der Waals surface area contributed by atoms with Gasteiger partial charge in [0.05, 0.1) is 6.54 Å². The van der Waals surface area contributed by atoms with E-state index < -0.39 is 12.0 Å². The molecule has 1 saturated carbocycles. The third-order valence-corrected chi connectivity index (χ3v) is 5.89. The van der Waals surface area contributed by atoms with Crippen LogP contribution in [-0.2, 0) is 15.0 Å². The Hall–Kier alpha value is -1.95. The SMILES string of the molecule is O=C(CN1CCCCC1C(=O)O)NCC1(c2ccc(F)cc2)CCCC1. The van der Waals surface area contributed by atoms with E-state index in [-0.39, 0.29) is 23.7 Å². The molecule has 2 fully saturated rings. The van der Waals surface area contributed by atoms with Crippen molar-refractivity contribution in [2.45, 2.75) is 56.4 Å². The van der Waals surface area contributed by atoms with Gasteiger partial charge in [0.15, 0.2) is 0 Å². The van der Waals surface area contributed by atoms with E-state index in [0.717, 1.165) is 44.1 Å². The predicted molar refractivity (Wildman–Crippen MR) is 96.4 cm³/mol. The van der Waals surface area contributed by atoms with Crippen molar-refractivity contribution >= 4 is 11.9 Å². The van der Waals surface area contributed by atoms with Gasteiger partial charge in [-0.2, -0.15) is 0 Å². The lowest BCUT2D eigenvalue weighted by molar-refractivity contribution is -0.145. The van der Waals surface area contributed by atoms with E-state index in [4.69, 9.17) is 0 Å². The summed E-state index contributed by atoms with van der Waals surface area (Å²) in [5.41, 5.74) is 0.926. The molecule has 0 radical (unpaired) electrons. The van der Waals surface area contributed by atoms with Crippen LogP contribution < -0.4 is 5.32 Å². The molecule has 0 bridgehead atoms. The fourth-order valence-corrected chi connectivity index (χ4v) is 4.39. The second kappa shape index (κ2) is 8.16. The van der Waals surface area contributed by atoms with Crippen LogP contribution >= 0.6 is 0 Å². The Labute approximate surface area is 153 Å². The first-order valence-corrected chi connectivity index (χ1v) is 9.50. The molecule has 26 heavy (non-hydrogen) atoms. The lowest BCUT2D eigenvalue weighted by atomic mass is 9.79. The van der Waals surface area contributed by atoms with Crippen molar-refractivity contribution in [1.82, 2.24) is 10.2 Å². The number of nitrogens with zero attached hydrogens (tertiary/aromatic N) is 1. The first kappa shape index (κ1) is 18.8. The monoisotopic (exact) mass is 362 g/mol. The van der Waals surface area contributed by atoms with Gasteiger partial charge in [-0.05, 0) is 49.9 Å². The van der Waals surface area contributed by atoms with E-state index in [0.29, 0.717) is 19.5 Å². The highest BCUT2D eigenvalue weighted by molar-refractivity contribution is 5.80. The van der Waals surface area contributed by atoms with Crippen molar-refractivity contribution in [3.8, 4) is 0 Å². The van der Waals surface area contributed by atoms with Crippen LogP contribution in [0.25, 0.3) is 0 Å². The molecule has 1 aliphatic carbocycles. The van der Waals surface area contributed by atoms with Crippen molar-refractivity contribution in [2.75, 3.05) is 19.6 Å². The van der Waals surface area contributed by atoms with E-state index >= 15 is 0 Å². The minimum atomic E-state index is -0.851. The Morgan fingerprint density at radius 2 is 1.85 bits per heavy atom. The standard InChI is InChI=1S/C20H27FN2O3/c21-16-8-6-15(7-9-16)20(10-2-3-11-20)14-22-18(24)13-23-12-4-1-5-17(23)19(25)26/h6-9,17H,1-5,10-14H2,(H,22,24)(H,25,26). The minimum absolute atomic E-state index is 0.121. The van der Waals surface area contributed by atoms with Crippen molar-refractivity contribution in [3.05, 3.63) is 35.6 Å². The second-order valence-corrected chi connectivity index (χ2v) is 7.59. The van der Waals surface area contributed by atoms with Crippen LogP contribution in [0.5, 0.6) is 0 Å². The molecule has 1 heterocycles. The number of aliphatic carboxylic acids is 1. The third-order valence-electron chi connectivity index (χ3n) is 5.89. The zero-order valence-electron chi connectivity index (χ0n) is 15.0. The van der Waals surface area contributed by atoms with E-state index in [1.807, 2.05) is 12.1 Å². The Kier molecular flexibility index (Phi) is 5.91. The van der Waals surface area contributed by atoms with Gasteiger partial charge in [-0.1, -0.05) is 31.4 Å². The largest absolute Gasteiger partial charge is 0.480 e. The van der Waals surface area contributed by atoms with Gasteiger partial charge >= 0.3 is 5.97 Å². The van der Waals surface area contributed by atoms with Gasteiger partial charge in [0, 0.05) is 12.0 Å². The fraction of sp³-hybridized carbons (Fsp3) is 0.600. The number of carboxylic acid groups (broad SMARTS) is 1. The van der Waals surface area contributed by atoms with Gasteiger partial charge < -0.3 is 10.4 Å². The summed E-state index contributed by atoms with van der Waals surface area (Å²) in [5, 5.41) is 12.4. The number of benzene rings is 1. The summed E-state index contributed by atoms with van der Waals surface area (Å²) in [6.07, 6.45) is 6.56. The van der Waals surface area contributed by atoms with Crippen molar-refractivity contribution in [3.63, 3.8) is 0 Å². The number of carbonyl (C=O) groups is 2. The van der Waals surface area contributed by atoms with Gasteiger partial charge in [-0.3, -0.25) is 14.5 Å². The van der Waals surface area contributed by atoms with Crippen molar-refractivity contribution in [2.24, 2.45) is 0 Å². The molecule has 0 aromatic heterocycles. The maximum Gasteiger partial charge on any atom is 0.320 e. The number of nitrogens with one attached hydrogen (secondary N) is 1. The highest BCUT2D eigenvalue weighted by atomic mass is 19.1. The van der Waals surface area contributed by atoms with Gasteiger partial charge in [0.25, 0.3) is 0 Å². The summed E-state index contributed by atoms with van der Waals surface area (Å²) in [5.74, 6) is -1.24. The average Bonchev–Trinajstić information content (AvgIpc) is 3.11. The number of carbonyl (C=O) groups excluding carboxylic acids is 1. The number of amides is 1. The first-order valence-electron chi connectivity index (χ1n) is 9.50. The summed E-state index contributed by atoms with van der Waals surface area (Å²) in [6.45, 7) is 1.28. The zero-order chi connectivity index (χ0) is 18.6. The topological polar surface area (TPSA) is 69.6 Å². The number of carboxylic acids is 1. The highest BCUT2D eigenvalue weighted by Crippen LogP contribution is 2.40. The normalized spacial score (nSPS) is 22.9. The number of hydrogen-bond donors (Lipinski definition) is 2. The molecule has 2 N–H and O–H groups in total. The summed E-state index contributed by atoms with van der Waals surface area (Å²) >= 11 is 0. The molecule has 6 heteroatoms. The molecule has 0 spiro atoms. The summed E-state index contributed by atoms with van der Waals surface area (Å²) in [4.78, 5) is 25.6. The number of halogens is 1. The summed E-state index contributed by atoms with van der Waals surface area (Å²) < 4.78 is 13.3. The maximum atomic E-state index is 13.3. The number of rotatable bonds is 6. The van der Waals surface area contributed by atoms with Crippen molar-refractivity contribution < 1.29 is 19.1 Å². The number of likely N-dealkylation sites (tertiary alicyclic amines) is 1. The smallest absolute Gasteiger partial charge is 0.320 e. The molecule has 1 atom stereocenters. The predicted octanol–water partition coefficient (Wildman–Crippen LogP) is 2.69. The lowest BCUT2D eigenvalue weighted by Crippen LogP contribution is -2.50. The molecular formula is C20H27FN2O3. The maximum absolute atomic E-state index is 13.3. The average molecular weight is 362 g/mol. The summed E-state index contributed by atoms with van der Waals surface area (Å²) in [7, 11) is 0. The van der Waals surface area contributed by atoms with Gasteiger partial charge in [0.2, 0.25) is 5.91 Å². The number of hydrogen-bond acceptors (Lipinski definition) is 3. The van der Waals surface area contributed by atoms with Crippen LogP contribution in [0, 0.1) is 5.82 Å². The molecule has 1 saturated heterocycles. The van der Waals surface area contributed by atoms with Gasteiger partial charge in [-0.15, -0.1) is 0 Å². The van der Waals surface area contributed by atoms with Crippen LogP contribution in [0.3, 0.4) is 0 Å². The van der Waals surface area contributed by atoms with E-state index in [9.17, 15) is 19.1 Å². The molecule has 1 aliphatic heterocycles. The van der Waals surface area contributed by atoms with Crippen LogP contribution in [0.1, 0.15) is 50.5 Å². The highest BCUT2D eigenvalue weighted by Gasteiger charge is 2.36. The molecule has 2 aliphatic rings. The molecule has 3 rings (SSSR count). The Bertz CT molecular complexity index is 641. The zero-order valence-corrected chi connectivity index (χ0v) is 15.0. The Balaban J connectivity index is 1.61. The molecule has 1 aromatic rings. The van der Waals surface area contributed by atoms with Crippen LogP contribution in [0.4, 0.5) is 4.39 Å². The molecule has 1 amide bonds. The van der Waals surface area contributed by atoms with Crippen LogP contribution in [-0.4, -0.2) is 47.6 Å². The molecule has 142 valence electrons. The number of piperidine rings is 1. The van der Waals surface area contributed by atoms with Gasteiger partial charge in [-0.25, -0.2) is 4.39 Å². The molecule has 1 aromatic carbocycles. The first-order chi connectivity index (χ1) is 12.5. The molecule has 1 unspecified atom stereocenters. The molecule has 5 nitrogen and oxygen atoms in total. The minimum Gasteiger partial charge on any atom is -0.480 e. The quantitative estimate of drug-likeness (QED) is 0.816.